The predicted octanol–water partition coefficient (Wildman–Crippen LogP) is 3.73. The molecule has 0 aliphatic rings. The molecule has 21 heavy (non-hydrogen) atoms. The molecule has 0 saturated carbocycles. The topological polar surface area (TPSA) is 56.7 Å². The van der Waals surface area contributed by atoms with Crippen molar-refractivity contribution in [1.29, 1.82) is 0 Å². The van der Waals surface area contributed by atoms with Gasteiger partial charge < -0.3 is 5.73 Å². The maximum absolute atomic E-state index is 6.19. The summed E-state index contributed by atoms with van der Waals surface area (Å²) in [6.45, 7) is 2.12. The third-order valence-electron chi connectivity index (χ3n) is 3.42. The Morgan fingerprint density at radius 1 is 1.10 bits per heavy atom. The average Bonchev–Trinajstić information content (AvgIpc) is 2.89. The van der Waals surface area contributed by atoms with E-state index in [1.165, 1.54) is 5.56 Å². The first kappa shape index (κ1) is 13.6. The third-order valence-corrected chi connectivity index (χ3v) is 3.74. The van der Waals surface area contributed by atoms with Crippen LogP contribution in [-0.4, -0.2) is 15.0 Å². The van der Waals surface area contributed by atoms with Gasteiger partial charge in [-0.3, -0.25) is 0 Å². The monoisotopic (exact) mass is 298 g/mol. The number of anilines is 1. The normalized spacial score (nSPS) is 10.8. The van der Waals surface area contributed by atoms with E-state index in [0.29, 0.717) is 16.5 Å². The second-order valence-corrected chi connectivity index (χ2v) is 5.14. The quantitative estimate of drug-likeness (QED) is 0.801. The number of aromatic nitrogens is 3. The van der Waals surface area contributed by atoms with Crippen molar-refractivity contribution in [2.75, 3.05) is 5.73 Å². The second kappa shape index (κ2) is 5.58. The fourth-order valence-corrected chi connectivity index (χ4v) is 2.41. The Labute approximate surface area is 128 Å². The fourth-order valence-electron chi connectivity index (χ4n) is 2.19. The van der Waals surface area contributed by atoms with Gasteiger partial charge in [0.2, 0.25) is 0 Å². The molecule has 0 aliphatic heterocycles. The van der Waals surface area contributed by atoms with Crippen LogP contribution in [0.2, 0.25) is 5.02 Å². The smallest absolute Gasteiger partial charge is 0.155 e. The Morgan fingerprint density at radius 2 is 1.81 bits per heavy atom. The molecular formula is C16H15ClN4. The number of nitrogen functional groups attached to an aromatic ring is 1. The van der Waals surface area contributed by atoms with Crippen molar-refractivity contribution in [3.05, 3.63) is 59.1 Å². The molecule has 0 aliphatic carbocycles. The lowest BCUT2D eigenvalue weighted by molar-refractivity contribution is 0.810. The molecule has 3 aromatic rings. The van der Waals surface area contributed by atoms with Gasteiger partial charge in [-0.15, -0.1) is 5.10 Å². The van der Waals surface area contributed by atoms with Crippen molar-refractivity contribution in [1.82, 2.24) is 15.0 Å². The van der Waals surface area contributed by atoms with Gasteiger partial charge in [0.05, 0.1) is 10.7 Å². The van der Waals surface area contributed by atoms with Crippen molar-refractivity contribution in [2.24, 2.45) is 0 Å². The van der Waals surface area contributed by atoms with E-state index in [2.05, 4.69) is 29.4 Å². The molecule has 0 saturated heterocycles. The highest BCUT2D eigenvalue weighted by atomic mass is 35.5. The van der Waals surface area contributed by atoms with E-state index in [0.717, 1.165) is 17.7 Å². The molecule has 0 amide bonds. The molecule has 0 atom stereocenters. The van der Waals surface area contributed by atoms with Crippen LogP contribution in [0.1, 0.15) is 12.5 Å². The molecule has 2 N–H and O–H groups in total. The standard InChI is InChI=1S/C16H15ClN4/c1-2-11-7-9-12(10-8-11)15-16(18)21(20-19-15)14-6-4-3-5-13(14)17/h3-10H,2,18H2,1H3. The highest BCUT2D eigenvalue weighted by Gasteiger charge is 2.14. The molecule has 0 radical (unpaired) electrons. The van der Waals surface area contributed by atoms with Crippen LogP contribution in [0.5, 0.6) is 0 Å². The van der Waals surface area contributed by atoms with Crippen LogP contribution in [0.15, 0.2) is 48.5 Å². The van der Waals surface area contributed by atoms with Gasteiger partial charge >= 0.3 is 0 Å². The van der Waals surface area contributed by atoms with E-state index in [1.54, 1.807) is 10.7 Å². The van der Waals surface area contributed by atoms with Crippen molar-refractivity contribution < 1.29 is 0 Å². The molecule has 106 valence electrons. The zero-order valence-corrected chi connectivity index (χ0v) is 12.4. The summed E-state index contributed by atoms with van der Waals surface area (Å²) < 4.78 is 1.56. The van der Waals surface area contributed by atoms with Crippen LogP contribution >= 0.6 is 11.6 Å². The molecule has 0 fully saturated rings. The van der Waals surface area contributed by atoms with E-state index in [-0.39, 0.29) is 0 Å². The summed E-state index contributed by atoms with van der Waals surface area (Å²) >= 11 is 6.18. The maximum atomic E-state index is 6.19. The van der Waals surface area contributed by atoms with Gasteiger partial charge in [0.15, 0.2) is 5.82 Å². The van der Waals surface area contributed by atoms with Gasteiger partial charge in [0.25, 0.3) is 0 Å². The van der Waals surface area contributed by atoms with E-state index in [9.17, 15) is 0 Å². The van der Waals surface area contributed by atoms with E-state index in [4.69, 9.17) is 17.3 Å². The predicted molar refractivity (Wildman–Crippen MR) is 85.6 cm³/mol. The largest absolute Gasteiger partial charge is 0.382 e. The summed E-state index contributed by atoms with van der Waals surface area (Å²) in [6.07, 6.45) is 1.00. The van der Waals surface area contributed by atoms with E-state index >= 15 is 0 Å². The minimum atomic E-state index is 0.479. The van der Waals surface area contributed by atoms with Crippen LogP contribution < -0.4 is 5.73 Å². The van der Waals surface area contributed by atoms with E-state index in [1.807, 2.05) is 30.3 Å². The lowest BCUT2D eigenvalue weighted by Crippen LogP contribution is -2.02. The van der Waals surface area contributed by atoms with Crippen molar-refractivity contribution in [2.45, 2.75) is 13.3 Å². The molecule has 0 bridgehead atoms. The SMILES string of the molecule is CCc1ccc(-c2nnn(-c3ccccc3Cl)c2N)cc1. The lowest BCUT2D eigenvalue weighted by Gasteiger charge is -2.05. The van der Waals surface area contributed by atoms with Crippen molar-refractivity contribution in [3.8, 4) is 16.9 Å². The first-order valence-electron chi connectivity index (χ1n) is 6.76. The van der Waals surface area contributed by atoms with Gasteiger partial charge in [-0.25, -0.2) is 0 Å². The highest BCUT2D eigenvalue weighted by molar-refractivity contribution is 6.32. The second-order valence-electron chi connectivity index (χ2n) is 4.74. The zero-order chi connectivity index (χ0) is 14.8. The van der Waals surface area contributed by atoms with Gasteiger partial charge in [0.1, 0.15) is 5.69 Å². The van der Waals surface area contributed by atoms with Crippen molar-refractivity contribution >= 4 is 17.4 Å². The molecule has 1 heterocycles. The molecule has 4 nitrogen and oxygen atoms in total. The fraction of sp³-hybridized carbons (Fsp3) is 0.125. The zero-order valence-electron chi connectivity index (χ0n) is 11.6. The van der Waals surface area contributed by atoms with Crippen LogP contribution in [-0.2, 0) is 6.42 Å². The van der Waals surface area contributed by atoms with Gasteiger partial charge in [-0.1, -0.05) is 60.1 Å². The molecule has 1 aromatic heterocycles. The number of hydrogen-bond acceptors (Lipinski definition) is 3. The van der Waals surface area contributed by atoms with Gasteiger partial charge in [0, 0.05) is 5.56 Å². The Hall–Kier alpha value is -2.33. The molecular weight excluding hydrogens is 284 g/mol. The molecule has 2 aromatic carbocycles. The summed E-state index contributed by atoms with van der Waals surface area (Å²) in [4.78, 5) is 0. The number of benzene rings is 2. The average molecular weight is 299 g/mol. The Balaban J connectivity index is 2.05. The number of hydrogen-bond donors (Lipinski definition) is 1. The summed E-state index contributed by atoms with van der Waals surface area (Å²) in [7, 11) is 0. The van der Waals surface area contributed by atoms with Crippen LogP contribution in [0, 0.1) is 0 Å². The van der Waals surface area contributed by atoms with Crippen LogP contribution in [0.25, 0.3) is 16.9 Å². The number of rotatable bonds is 3. The van der Waals surface area contributed by atoms with E-state index < -0.39 is 0 Å². The Kier molecular flexibility index (Phi) is 3.62. The van der Waals surface area contributed by atoms with Gasteiger partial charge in [-0.05, 0) is 24.1 Å². The first-order chi connectivity index (χ1) is 10.2. The number of halogens is 1. The minimum absolute atomic E-state index is 0.479. The van der Waals surface area contributed by atoms with Crippen LogP contribution in [0.3, 0.4) is 0 Å². The lowest BCUT2D eigenvalue weighted by atomic mass is 10.1. The van der Waals surface area contributed by atoms with Crippen molar-refractivity contribution in [3.63, 3.8) is 0 Å². The molecule has 5 heteroatoms. The number of para-hydroxylation sites is 1. The number of nitrogens with zero attached hydrogens (tertiary/aromatic N) is 3. The molecule has 0 unspecified atom stereocenters. The summed E-state index contributed by atoms with van der Waals surface area (Å²) in [5, 5.41) is 8.90. The number of aryl methyl sites for hydroxylation is 1. The Bertz CT molecular complexity index is 762. The van der Waals surface area contributed by atoms with Crippen LogP contribution in [0.4, 0.5) is 5.82 Å². The summed E-state index contributed by atoms with van der Waals surface area (Å²) in [5.74, 6) is 0.479. The summed E-state index contributed by atoms with van der Waals surface area (Å²) in [6, 6.07) is 15.6. The first-order valence-corrected chi connectivity index (χ1v) is 7.14. The highest BCUT2D eigenvalue weighted by Crippen LogP contribution is 2.28. The number of nitrogens with two attached hydrogens (primary N) is 1. The Morgan fingerprint density at radius 3 is 2.48 bits per heavy atom. The maximum Gasteiger partial charge on any atom is 0.155 e. The molecule has 3 rings (SSSR count). The molecule has 0 spiro atoms. The summed E-state index contributed by atoms with van der Waals surface area (Å²) in [5.41, 5.74) is 9.79. The minimum Gasteiger partial charge on any atom is -0.382 e. The third kappa shape index (κ3) is 2.50. The van der Waals surface area contributed by atoms with Gasteiger partial charge in [-0.2, -0.15) is 4.68 Å².